The molecule has 0 spiro atoms. The molecule has 0 bridgehead atoms. The van der Waals surface area contributed by atoms with Crippen LogP contribution in [0.4, 0.5) is 0 Å². The van der Waals surface area contributed by atoms with E-state index in [-0.39, 0.29) is 0 Å². The van der Waals surface area contributed by atoms with E-state index in [1.165, 1.54) is 25.7 Å². The van der Waals surface area contributed by atoms with Gasteiger partial charge in [-0.3, -0.25) is 9.67 Å². The van der Waals surface area contributed by atoms with E-state index in [1.54, 1.807) is 0 Å². The normalized spacial score (nSPS) is 23.4. The molecule has 0 aliphatic heterocycles. The number of hydrogen-bond donors (Lipinski definition) is 1. The van der Waals surface area contributed by atoms with Crippen molar-refractivity contribution >= 4 is 12.2 Å². The van der Waals surface area contributed by atoms with Crippen LogP contribution in [0.2, 0.25) is 0 Å². The summed E-state index contributed by atoms with van der Waals surface area (Å²) in [6, 6.07) is 10.8. The van der Waals surface area contributed by atoms with Crippen molar-refractivity contribution in [3.63, 3.8) is 0 Å². The first-order valence-corrected chi connectivity index (χ1v) is 7.39. The Labute approximate surface area is 118 Å². The zero-order valence-electron chi connectivity index (χ0n) is 11.2. The highest BCUT2D eigenvalue weighted by Crippen LogP contribution is 2.34. The Morgan fingerprint density at radius 2 is 1.84 bits per heavy atom. The van der Waals surface area contributed by atoms with E-state index in [9.17, 15) is 0 Å². The largest absolute Gasteiger partial charge is 0.297 e. The molecule has 0 unspecified atom stereocenters. The molecule has 1 aliphatic carbocycles. The Bertz CT molecular complexity index is 591. The molecule has 0 radical (unpaired) electrons. The molecule has 4 heteroatoms. The molecule has 0 saturated heterocycles. The van der Waals surface area contributed by atoms with Crippen LogP contribution in [0.15, 0.2) is 30.3 Å². The number of benzene rings is 1. The lowest BCUT2D eigenvalue weighted by atomic mass is 9.87. The second-order valence-electron chi connectivity index (χ2n) is 5.50. The van der Waals surface area contributed by atoms with Gasteiger partial charge in [-0.15, -0.1) is 0 Å². The van der Waals surface area contributed by atoms with Crippen LogP contribution in [0.25, 0.3) is 11.4 Å². The first-order valence-electron chi connectivity index (χ1n) is 6.98. The van der Waals surface area contributed by atoms with Crippen LogP contribution in [-0.4, -0.2) is 14.8 Å². The average Bonchev–Trinajstić information content (AvgIpc) is 2.83. The fourth-order valence-corrected chi connectivity index (χ4v) is 3.22. The summed E-state index contributed by atoms with van der Waals surface area (Å²) in [5.41, 5.74) is 1.13. The molecule has 0 amide bonds. The molecule has 0 atom stereocenters. The summed E-state index contributed by atoms with van der Waals surface area (Å²) in [5, 5.41) is 7.39. The first kappa shape index (κ1) is 12.6. The van der Waals surface area contributed by atoms with Gasteiger partial charge in [0.1, 0.15) is 0 Å². The summed E-state index contributed by atoms with van der Waals surface area (Å²) in [6.07, 6.45) is 4.97. The van der Waals surface area contributed by atoms with Crippen LogP contribution in [0.5, 0.6) is 0 Å². The molecule has 3 nitrogen and oxygen atoms in total. The van der Waals surface area contributed by atoms with E-state index in [2.05, 4.69) is 33.8 Å². The lowest BCUT2D eigenvalue weighted by molar-refractivity contribution is 0.289. The summed E-state index contributed by atoms with van der Waals surface area (Å²) in [4.78, 5) is 0. The number of nitrogens with zero attached hydrogens (tertiary/aromatic N) is 2. The fourth-order valence-electron chi connectivity index (χ4n) is 2.93. The third-order valence-electron chi connectivity index (χ3n) is 4.09. The number of aromatic nitrogens is 3. The van der Waals surface area contributed by atoms with Crippen LogP contribution < -0.4 is 0 Å². The van der Waals surface area contributed by atoms with Crippen molar-refractivity contribution in [3.05, 3.63) is 35.1 Å². The minimum Gasteiger partial charge on any atom is -0.297 e. The number of aromatic amines is 1. The molecule has 1 aromatic heterocycles. The van der Waals surface area contributed by atoms with Crippen LogP contribution >= 0.6 is 12.2 Å². The molecule has 1 saturated carbocycles. The third kappa shape index (κ3) is 2.50. The van der Waals surface area contributed by atoms with E-state index in [0.29, 0.717) is 6.04 Å². The Morgan fingerprint density at radius 1 is 1.16 bits per heavy atom. The SMILES string of the molecule is CC1CCC(n2c(-c3ccccc3)n[nH]c2=S)CC1. The van der Waals surface area contributed by atoms with Gasteiger partial charge < -0.3 is 0 Å². The van der Waals surface area contributed by atoms with Crippen LogP contribution in [0.3, 0.4) is 0 Å². The summed E-state index contributed by atoms with van der Waals surface area (Å²) >= 11 is 5.43. The van der Waals surface area contributed by atoms with Gasteiger partial charge in [-0.25, -0.2) is 0 Å². The molecule has 2 aromatic rings. The maximum Gasteiger partial charge on any atom is 0.195 e. The summed E-state index contributed by atoms with van der Waals surface area (Å²) in [7, 11) is 0. The molecule has 19 heavy (non-hydrogen) atoms. The highest BCUT2D eigenvalue weighted by atomic mass is 32.1. The van der Waals surface area contributed by atoms with E-state index < -0.39 is 0 Å². The second-order valence-corrected chi connectivity index (χ2v) is 5.89. The van der Waals surface area contributed by atoms with Gasteiger partial charge in [0.2, 0.25) is 0 Å². The van der Waals surface area contributed by atoms with Gasteiger partial charge in [0.25, 0.3) is 0 Å². The predicted octanol–water partition coefficient (Wildman–Crippen LogP) is 4.36. The number of H-pyrrole nitrogens is 1. The molecule has 1 aromatic carbocycles. The summed E-state index contributed by atoms with van der Waals surface area (Å²) < 4.78 is 2.97. The Hall–Kier alpha value is -1.42. The van der Waals surface area contributed by atoms with Gasteiger partial charge in [-0.1, -0.05) is 37.3 Å². The third-order valence-corrected chi connectivity index (χ3v) is 4.37. The Balaban J connectivity index is 1.98. The maximum absolute atomic E-state index is 5.43. The molecule has 1 heterocycles. The highest BCUT2D eigenvalue weighted by Gasteiger charge is 2.23. The zero-order valence-corrected chi connectivity index (χ0v) is 12.0. The quantitative estimate of drug-likeness (QED) is 0.825. The van der Waals surface area contributed by atoms with E-state index in [4.69, 9.17) is 12.2 Å². The van der Waals surface area contributed by atoms with Gasteiger partial charge in [0.15, 0.2) is 10.6 Å². The number of nitrogens with one attached hydrogen (secondary N) is 1. The highest BCUT2D eigenvalue weighted by molar-refractivity contribution is 7.71. The van der Waals surface area contributed by atoms with Crippen molar-refractivity contribution in [1.29, 1.82) is 0 Å². The number of rotatable bonds is 2. The molecule has 3 rings (SSSR count). The Morgan fingerprint density at radius 3 is 2.53 bits per heavy atom. The van der Waals surface area contributed by atoms with Gasteiger partial charge >= 0.3 is 0 Å². The summed E-state index contributed by atoms with van der Waals surface area (Å²) in [6.45, 7) is 2.34. The van der Waals surface area contributed by atoms with Crippen LogP contribution in [-0.2, 0) is 0 Å². The van der Waals surface area contributed by atoms with Crippen molar-refractivity contribution in [2.24, 2.45) is 5.92 Å². The Kier molecular flexibility index (Phi) is 3.51. The second kappa shape index (κ2) is 5.29. The topological polar surface area (TPSA) is 33.6 Å². The molecular weight excluding hydrogens is 254 g/mol. The smallest absolute Gasteiger partial charge is 0.195 e. The van der Waals surface area contributed by atoms with Crippen molar-refractivity contribution in [2.75, 3.05) is 0 Å². The van der Waals surface area contributed by atoms with Gasteiger partial charge in [0, 0.05) is 11.6 Å². The lowest BCUT2D eigenvalue weighted by Gasteiger charge is -2.27. The van der Waals surface area contributed by atoms with Crippen molar-refractivity contribution in [2.45, 2.75) is 38.6 Å². The average molecular weight is 273 g/mol. The zero-order chi connectivity index (χ0) is 13.2. The first-order chi connectivity index (χ1) is 9.25. The van der Waals surface area contributed by atoms with Gasteiger partial charge in [-0.05, 0) is 43.8 Å². The van der Waals surface area contributed by atoms with Crippen molar-refractivity contribution < 1.29 is 0 Å². The van der Waals surface area contributed by atoms with Crippen molar-refractivity contribution in [1.82, 2.24) is 14.8 Å². The fraction of sp³-hybridized carbons (Fsp3) is 0.467. The van der Waals surface area contributed by atoms with Gasteiger partial charge in [-0.2, -0.15) is 5.10 Å². The van der Waals surface area contributed by atoms with E-state index >= 15 is 0 Å². The van der Waals surface area contributed by atoms with Crippen LogP contribution in [0.1, 0.15) is 38.6 Å². The number of hydrogen-bond acceptors (Lipinski definition) is 2. The van der Waals surface area contributed by atoms with Crippen molar-refractivity contribution in [3.8, 4) is 11.4 Å². The van der Waals surface area contributed by atoms with Crippen LogP contribution in [0, 0.1) is 10.7 Å². The molecule has 1 fully saturated rings. The lowest BCUT2D eigenvalue weighted by Crippen LogP contribution is -2.17. The van der Waals surface area contributed by atoms with E-state index in [0.717, 1.165) is 22.1 Å². The molecule has 1 N–H and O–H groups in total. The van der Waals surface area contributed by atoms with Gasteiger partial charge in [0.05, 0.1) is 0 Å². The standard InChI is InChI=1S/C15H19N3S/c1-11-7-9-13(10-8-11)18-14(16-17-15(18)19)12-5-3-2-4-6-12/h2-6,11,13H,7-10H2,1H3,(H,17,19). The molecule has 1 aliphatic rings. The predicted molar refractivity (Wildman–Crippen MR) is 79.5 cm³/mol. The molecule has 100 valence electrons. The molecular formula is C15H19N3S. The van der Waals surface area contributed by atoms with E-state index in [1.807, 2.05) is 18.2 Å². The minimum atomic E-state index is 0.498. The summed E-state index contributed by atoms with van der Waals surface area (Å²) in [5.74, 6) is 1.82. The monoisotopic (exact) mass is 273 g/mol. The minimum absolute atomic E-state index is 0.498. The maximum atomic E-state index is 5.43.